The number of allylic oxidation sites excluding steroid dienone is 4. The molecule has 0 saturated heterocycles. The second kappa shape index (κ2) is 4.34. The molecule has 0 aliphatic carbocycles. The van der Waals surface area contributed by atoms with Crippen molar-refractivity contribution in [3.63, 3.8) is 0 Å². The van der Waals surface area contributed by atoms with Gasteiger partial charge in [-0.1, -0.05) is 0 Å². The van der Waals surface area contributed by atoms with Crippen molar-refractivity contribution in [3.8, 4) is 0 Å². The van der Waals surface area contributed by atoms with Crippen molar-refractivity contribution >= 4 is 0 Å². The van der Waals surface area contributed by atoms with Gasteiger partial charge in [0.25, 0.3) is 0 Å². The van der Waals surface area contributed by atoms with E-state index in [-0.39, 0.29) is 0 Å². The van der Waals surface area contributed by atoms with Gasteiger partial charge in [-0.05, 0) is 0 Å². The van der Waals surface area contributed by atoms with Crippen LogP contribution < -0.4 is 0 Å². The smallest absolute Gasteiger partial charge is 0.200 e. The lowest BCUT2D eigenvalue weighted by Gasteiger charge is -2.06. The SMILES string of the molecule is FC(/C(F)=C(\F)C(F)(F)F)=C(/F)C(F)(F)F. The molecule has 0 aliphatic heterocycles. The first-order valence-corrected chi connectivity index (χ1v) is 3.14. The summed E-state index contributed by atoms with van der Waals surface area (Å²) in [5, 5.41) is 0. The normalized spacial score (nSPS) is 16.9. The second-order valence-corrected chi connectivity index (χ2v) is 2.25. The lowest BCUT2D eigenvalue weighted by molar-refractivity contribution is -0.115. The molecule has 0 nitrogen and oxygen atoms in total. The first kappa shape index (κ1) is 14.8. The van der Waals surface area contributed by atoms with E-state index in [0.29, 0.717) is 0 Å². The van der Waals surface area contributed by atoms with Crippen LogP contribution in [-0.2, 0) is 0 Å². The van der Waals surface area contributed by atoms with Gasteiger partial charge in [-0.2, -0.15) is 35.1 Å². The predicted octanol–water partition coefficient (Wildman–Crippen LogP) is 4.41. The van der Waals surface area contributed by atoms with Crippen LogP contribution >= 0.6 is 0 Å². The minimum absolute atomic E-state index is 3.60. The molecule has 94 valence electrons. The fourth-order valence-corrected chi connectivity index (χ4v) is 0.442. The second-order valence-electron chi connectivity index (χ2n) is 2.25. The number of hydrogen-bond donors (Lipinski definition) is 0. The molecule has 10 heteroatoms. The monoisotopic (exact) mass is 262 g/mol. The summed E-state index contributed by atoms with van der Waals surface area (Å²) in [7, 11) is 0. The highest BCUT2D eigenvalue weighted by Gasteiger charge is 2.44. The van der Waals surface area contributed by atoms with Crippen LogP contribution in [0.25, 0.3) is 0 Å². The lowest BCUT2D eigenvalue weighted by Crippen LogP contribution is -2.13. The van der Waals surface area contributed by atoms with E-state index in [9.17, 15) is 43.9 Å². The van der Waals surface area contributed by atoms with E-state index in [1.54, 1.807) is 0 Å². The van der Waals surface area contributed by atoms with Gasteiger partial charge in [0.15, 0.2) is 0 Å². The number of alkyl halides is 6. The van der Waals surface area contributed by atoms with Crippen molar-refractivity contribution in [1.82, 2.24) is 0 Å². The third-order valence-corrected chi connectivity index (χ3v) is 1.08. The molecule has 16 heavy (non-hydrogen) atoms. The molecule has 0 aromatic carbocycles. The summed E-state index contributed by atoms with van der Waals surface area (Å²) >= 11 is 0. The van der Waals surface area contributed by atoms with E-state index in [1.165, 1.54) is 0 Å². The Bertz CT molecular complexity index is 292. The standard InChI is InChI=1S/C6F10/c7-1(3(9)5(11,12)13)2(8)4(10)6(14,15)16/b3-1+,4-2+. The fraction of sp³-hybridized carbons (Fsp3) is 0.333. The first-order chi connectivity index (χ1) is 6.89. The zero-order valence-electron chi connectivity index (χ0n) is 6.78. The topological polar surface area (TPSA) is 0 Å². The maximum absolute atomic E-state index is 12.1. The van der Waals surface area contributed by atoms with E-state index in [1.807, 2.05) is 0 Å². The summed E-state index contributed by atoms with van der Waals surface area (Å²) in [6.45, 7) is 0. The molecule has 0 N–H and O–H groups in total. The average molecular weight is 262 g/mol. The molecule has 0 radical (unpaired) electrons. The maximum Gasteiger partial charge on any atom is 0.446 e. The van der Waals surface area contributed by atoms with Gasteiger partial charge in [0, 0.05) is 0 Å². The number of hydrogen-bond acceptors (Lipinski definition) is 0. The molecular formula is C6F10. The van der Waals surface area contributed by atoms with Crippen molar-refractivity contribution < 1.29 is 43.9 Å². The molecule has 0 bridgehead atoms. The molecule has 0 spiro atoms. The largest absolute Gasteiger partial charge is 0.446 e. The average Bonchev–Trinajstić information content (AvgIpc) is 2.10. The third-order valence-electron chi connectivity index (χ3n) is 1.08. The molecule has 0 aromatic heterocycles. The van der Waals surface area contributed by atoms with Crippen LogP contribution in [0.1, 0.15) is 0 Å². The molecule has 0 fully saturated rings. The van der Waals surface area contributed by atoms with Gasteiger partial charge in [-0.25, -0.2) is 8.78 Å². The summed E-state index contributed by atoms with van der Waals surface area (Å²) < 4.78 is 116. The van der Waals surface area contributed by atoms with Crippen LogP contribution in [0, 0.1) is 0 Å². The molecule has 0 aromatic rings. The van der Waals surface area contributed by atoms with Crippen LogP contribution in [0.4, 0.5) is 43.9 Å². The van der Waals surface area contributed by atoms with E-state index in [4.69, 9.17) is 0 Å². The summed E-state index contributed by atoms with van der Waals surface area (Å²) in [6.07, 6.45) is -12.1. The van der Waals surface area contributed by atoms with Crippen molar-refractivity contribution in [2.24, 2.45) is 0 Å². The minimum Gasteiger partial charge on any atom is -0.200 e. The third kappa shape index (κ3) is 3.42. The van der Waals surface area contributed by atoms with Crippen LogP contribution in [0.2, 0.25) is 0 Å². The Morgan fingerprint density at radius 1 is 0.500 bits per heavy atom. The van der Waals surface area contributed by atoms with Crippen molar-refractivity contribution in [1.29, 1.82) is 0 Å². The van der Waals surface area contributed by atoms with E-state index < -0.39 is 35.7 Å². The van der Waals surface area contributed by atoms with E-state index in [0.717, 1.165) is 0 Å². The summed E-state index contributed by atoms with van der Waals surface area (Å²) in [6, 6.07) is 0. The summed E-state index contributed by atoms with van der Waals surface area (Å²) in [5.41, 5.74) is 0. The Hall–Kier alpha value is -1.22. The number of rotatable bonds is 1. The molecule has 0 aliphatic rings. The van der Waals surface area contributed by atoms with Gasteiger partial charge in [0.1, 0.15) is 0 Å². The zero-order valence-corrected chi connectivity index (χ0v) is 6.78. The Morgan fingerprint density at radius 2 is 0.688 bits per heavy atom. The highest BCUT2D eigenvalue weighted by Crippen LogP contribution is 2.38. The van der Waals surface area contributed by atoms with Crippen LogP contribution in [0.3, 0.4) is 0 Å². The van der Waals surface area contributed by atoms with Crippen LogP contribution in [0.5, 0.6) is 0 Å². The fourth-order valence-electron chi connectivity index (χ4n) is 0.442. The quantitative estimate of drug-likeness (QED) is 0.485. The van der Waals surface area contributed by atoms with Gasteiger partial charge in [0.05, 0.1) is 0 Å². The first-order valence-electron chi connectivity index (χ1n) is 3.14. The van der Waals surface area contributed by atoms with Crippen molar-refractivity contribution in [2.75, 3.05) is 0 Å². The molecule has 0 unspecified atom stereocenters. The van der Waals surface area contributed by atoms with Gasteiger partial charge in [0.2, 0.25) is 23.3 Å². The highest BCUT2D eigenvalue weighted by atomic mass is 19.4. The molecule has 0 rings (SSSR count). The Kier molecular flexibility index (Phi) is 4.01. The van der Waals surface area contributed by atoms with Gasteiger partial charge < -0.3 is 0 Å². The van der Waals surface area contributed by atoms with Gasteiger partial charge >= 0.3 is 12.4 Å². The number of halogens is 10. The van der Waals surface area contributed by atoms with Crippen LogP contribution in [-0.4, -0.2) is 12.4 Å². The lowest BCUT2D eigenvalue weighted by atomic mass is 10.3. The van der Waals surface area contributed by atoms with Gasteiger partial charge in [-0.15, -0.1) is 0 Å². The molecule has 0 heterocycles. The van der Waals surface area contributed by atoms with Crippen LogP contribution in [0.15, 0.2) is 23.3 Å². The Labute approximate surface area is 80.8 Å². The molecule has 0 amide bonds. The van der Waals surface area contributed by atoms with Crippen molar-refractivity contribution in [2.45, 2.75) is 12.4 Å². The van der Waals surface area contributed by atoms with Crippen molar-refractivity contribution in [3.05, 3.63) is 23.3 Å². The van der Waals surface area contributed by atoms with Gasteiger partial charge in [-0.3, -0.25) is 0 Å². The maximum atomic E-state index is 12.1. The molecule has 0 saturated carbocycles. The van der Waals surface area contributed by atoms with E-state index in [2.05, 4.69) is 0 Å². The van der Waals surface area contributed by atoms with E-state index >= 15 is 0 Å². The summed E-state index contributed by atoms with van der Waals surface area (Å²) in [5.74, 6) is -14.8. The molecule has 0 atom stereocenters. The zero-order chi connectivity index (χ0) is 13.3. The predicted molar refractivity (Wildman–Crippen MR) is 30.6 cm³/mol. The Balaban J connectivity index is 5.55. The Morgan fingerprint density at radius 3 is 0.812 bits per heavy atom. The molecular weight excluding hydrogens is 262 g/mol. The summed E-state index contributed by atoms with van der Waals surface area (Å²) in [4.78, 5) is 0. The highest BCUT2D eigenvalue weighted by molar-refractivity contribution is 5.28. The minimum atomic E-state index is -6.05.